The first-order valence-corrected chi connectivity index (χ1v) is 12.7. The van der Waals surface area contributed by atoms with E-state index in [0.29, 0.717) is 19.4 Å². The first-order chi connectivity index (χ1) is 15.6. The normalized spacial score (nSPS) is 13.0. The van der Waals surface area contributed by atoms with Crippen molar-refractivity contribution in [1.82, 2.24) is 5.32 Å². The van der Waals surface area contributed by atoms with Crippen molar-refractivity contribution in [2.24, 2.45) is 0 Å². The number of fused-ring (bicyclic) bond motifs is 3. The van der Waals surface area contributed by atoms with Gasteiger partial charge in [-0.3, -0.25) is 4.79 Å². The number of amides is 1. The quantitative estimate of drug-likeness (QED) is 0.239. The summed E-state index contributed by atoms with van der Waals surface area (Å²) in [5.74, 6) is 0.776. The summed E-state index contributed by atoms with van der Waals surface area (Å²) >= 11 is 5.76. The fourth-order valence-corrected chi connectivity index (χ4v) is 4.41. The number of hydrogen-bond donors (Lipinski definition) is 1. The number of hydrogen-bond acceptors (Lipinski definition) is 2. The molecule has 33 heavy (non-hydrogen) atoms. The number of ether oxygens (including phenoxy) is 1. The second-order valence-electron chi connectivity index (χ2n) is 10.6. The number of alkyl halides is 1. The predicted octanol–water partition coefficient (Wildman–Crippen LogP) is 4.48. The van der Waals surface area contributed by atoms with Gasteiger partial charge in [0.15, 0.2) is 12.4 Å². The van der Waals surface area contributed by atoms with Crippen LogP contribution in [0.5, 0.6) is 0 Å². The number of aryl methyl sites for hydroxylation is 2. The molecule has 0 unspecified atom stereocenters. The molecule has 0 aromatic carbocycles. The van der Waals surface area contributed by atoms with Crippen LogP contribution in [0.15, 0.2) is 36.7 Å². The third kappa shape index (κ3) is 7.51. The van der Waals surface area contributed by atoms with Gasteiger partial charge in [-0.1, -0.05) is 12.8 Å². The molecule has 0 bridgehead atoms. The predicted molar refractivity (Wildman–Crippen MR) is 132 cm³/mol. The molecule has 3 heterocycles. The first kappa shape index (κ1) is 25.6. The van der Waals surface area contributed by atoms with Crippen LogP contribution < -0.4 is 14.5 Å². The minimum atomic E-state index is -0.411. The van der Waals surface area contributed by atoms with E-state index in [1.807, 2.05) is 13.8 Å². The lowest BCUT2D eigenvalue weighted by Crippen LogP contribution is -2.48. The molecule has 0 fully saturated rings. The number of halogens is 1. The van der Waals surface area contributed by atoms with E-state index in [2.05, 4.69) is 71.9 Å². The lowest BCUT2D eigenvalue weighted by molar-refractivity contribution is -0.877. The Morgan fingerprint density at radius 2 is 1.76 bits per heavy atom. The summed E-state index contributed by atoms with van der Waals surface area (Å²) in [5.41, 5.74) is 4.25. The summed E-state index contributed by atoms with van der Waals surface area (Å²) in [5, 5.41) is 3.16. The second-order valence-corrected chi connectivity index (χ2v) is 10.9. The van der Waals surface area contributed by atoms with Crippen LogP contribution in [0.2, 0.25) is 0 Å². The maximum Gasteiger partial charge on any atom is 0.345 e. The summed E-state index contributed by atoms with van der Waals surface area (Å²) < 4.78 is 10.7. The van der Waals surface area contributed by atoms with E-state index in [0.717, 1.165) is 38.2 Å². The lowest BCUT2D eigenvalue weighted by atomic mass is 9.99. The Morgan fingerprint density at radius 1 is 1.06 bits per heavy atom. The third-order valence-electron chi connectivity index (χ3n) is 6.21. The van der Waals surface area contributed by atoms with Crippen LogP contribution in [-0.2, 0) is 22.6 Å². The Morgan fingerprint density at radius 3 is 2.48 bits per heavy atom. The molecule has 3 rings (SSSR count). The summed E-state index contributed by atoms with van der Waals surface area (Å²) in [6.07, 6.45) is 9.71. The van der Waals surface area contributed by atoms with Gasteiger partial charge < -0.3 is 10.1 Å². The van der Waals surface area contributed by atoms with E-state index < -0.39 is 5.54 Å². The van der Waals surface area contributed by atoms with E-state index in [-0.39, 0.29) is 11.5 Å². The molecule has 0 spiro atoms. The molecule has 6 heteroatoms. The van der Waals surface area contributed by atoms with E-state index >= 15 is 0 Å². The first-order valence-electron chi connectivity index (χ1n) is 12.1. The zero-order chi connectivity index (χ0) is 24.1. The number of carbonyl (C=O) groups excluding carboxylic acids is 1. The number of unbranched alkanes of at least 4 members (excludes halogenated alkanes) is 2. The van der Waals surface area contributed by atoms with E-state index in [1.54, 1.807) is 0 Å². The van der Waals surface area contributed by atoms with Gasteiger partial charge in [0.1, 0.15) is 0 Å². The fraction of sp³-hybridized carbons (Fsp3) is 0.593. The molecule has 5 nitrogen and oxygen atoms in total. The van der Waals surface area contributed by atoms with Gasteiger partial charge in [0.25, 0.3) is 11.4 Å². The van der Waals surface area contributed by atoms with Gasteiger partial charge in [-0.25, -0.2) is 0 Å². The van der Waals surface area contributed by atoms with E-state index in [9.17, 15) is 4.79 Å². The average Bonchev–Trinajstić information content (AvgIpc) is 3.11. The van der Waals surface area contributed by atoms with Crippen LogP contribution in [0, 0.1) is 6.92 Å². The van der Waals surface area contributed by atoms with Crippen LogP contribution in [0.3, 0.4) is 0 Å². The van der Waals surface area contributed by atoms with Crippen molar-refractivity contribution in [2.75, 3.05) is 12.5 Å². The highest BCUT2D eigenvalue weighted by Gasteiger charge is 2.33. The number of pyridine rings is 2. The summed E-state index contributed by atoms with van der Waals surface area (Å²) in [7, 11) is 0. The Kier molecular flexibility index (Phi) is 8.52. The van der Waals surface area contributed by atoms with Crippen molar-refractivity contribution in [3.8, 4) is 11.4 Å². The molecule has 2 aromatic rings. The average molecular weight is 474 g/mol. The van der Waals surface area contributed by atoms with Crippen molar-refractivity contribution in [3.63, 3.8) is 0 Å². The fourth-order valence-electron chi connectivity index (χ4n) is 4.22. The molecule has 0 radical (unpaired) electrons. The van der Waals surface area contributed by atoms with Crippen molar-refractivity contribution in [2.45, 2.75) is 91.0 Å². The summed E-state index contributed by atoms with van der Waals surface area (Å²) in [4.78, 5) is 12.7. The zero-order valence-corrected chi connectivity index (χ0v) is 21.7. The highest BCUT2D eigenvalue weighted by molar-refractivity contribution is 6.17. The number of carbonyl (C=O) groups is 1. The summed E-state index contributed by atoms with van der Waals surface area (Å²) in [6, 6.07) is 8.69. The minimum absolute atomic E-state index is 0.0577. The molecule has 0 saturated heterocycles. The number of rotatable bonds is 12. The smallest absolute Gasteiger partial charge is 0.345 e. The summed E-state index contributed by atoms with van der Waals surface area (Å²) in [6.45, 7) is 11.7. The molecule has 0 saturated carbocycles. The van der Waals surface area contributed by atoms with Gasteiger partial charge in [0.2, 0.25) is 5.91 Å². The Labute approximate surface area is 204 Å². The molecule has 0 atom stereocenters. The molecular formula is C27H40ClN3O2+2. The maximum absolute atomic E-state index is 12.7. The van der Waals surface area contributed by atoms with Crippen molar-refractivity contribution in [1.29, 1.82) is 0 Å². The highest BCUT2D eigenvalue weighted by Crippen LogP contribution is 2.21. The van der Waals surface area contributed by atoms with E-state index in [1.165, 1.54) is 22.5 Å². The van der Waals surface area contributed by atoms with Gasteiger partial charge in [0.05, 0.1) is 17.7 Å². The Hall–Kier alpha value is -1.98. The molecule has 1 aliphatic rings. The van der Waals surface area contributed by atoms with Gasteiger partial charge in [-0.15, -0.1) is 20.7 Å². The largest absolute Gasteiger partial charge is 0.373 e. The topological polar surface area (TPSA) is 46.1 Å². The second kappa shape index (κ2) is 11.0. The monoisotopic (exact) mass is 473 g/mol. The van der Waals surface area contributed by atoms with Crippen LogP contribution in [0.25, 0.3) is 11.4 Å². The SMILES string of the molecule is Cc1cc[n+]2c(c1)-c1cc(CCC(=O)NC(C)(C)COC(C)(C)CCCCCCl)cc[n+]1C2. The molecule has 1 amide bonds. The molecule has 2 aromatic heterocycles. The van der Waals surface area contributed by atoms with Crippen LogP contribution in [-0.4, -0.2) is 29.5 Å². The van der Waals surface area contributed by atoms with Crippen molar-refractivity contribution in [3.05, 3.63) is 47.8 Å². The van der Waals surface area contributed by atoms with Crippen molar-refractivity contribution >= 4 is 17.5 Å². The minimum Gasteiger partial charge on any atom is -0.373 e. The van der Waals surface area contributed by atoms with Crippen molar-refractivity contribution < 1.29 is 18.7 Å². The van der Waals surface area contributed by atoms with Gasteiger partial charge in [0, 0.05) is 36.6 Å². The molecular weight excluding hydrogens is 434 g/mol. The third-order valence-corrected chi connectivity index (χ3v) is 6.48. The van der Waals surface area contributed by atoms with Gasteiger partial charge >= 0.3 is 6.67 Å². The molecule has 180 valence electrons. The Bertz CT molecular complexity index is 972. The standard InChI is InChI=1S/C27H39ClN3O2/c1-21-11-15-30-20-31-16-12-22(18-24(31)23(30)17-21)9-10-25(32)29-26(2,3)19-33-27(4,5)13-7-6-8-14-28/h11-12,15-18H,6-10,13-14,19-20H2,1-5H3/q+1/p+1. The van der Waals surface area contributed by atoms with Gasteiger partial charge in [-0.05, 0) is 65.0 Å². The van der Waals surface area contributed by atoms with Crippen LogP contribution in [0.1, 0.15) is 70.9 Å². The Balaban J connectivity index is 1.49. The number of nitrogens with one attached hydrogen (secondary N) is 1. The number of aromatic nitrogens is 2. The zero-order valence-electron chi connectivity index (χ0n) is 20.9. The lowest BCUT2D eigenvalue weighted by Gasteiger charge is -2.32. The molecule has 0 aliphatic carbocycles. The molecule has 1 aliphatic heterocycles. The maximum atomic E-state index is 12.7. The van der Waals surface area contributed by atoms with Crippen LogP contribution >= 0.6 is 11.6 Å². The molecule has 1 N–H and O–H groups in total. The highest BCUT2D eigenvalue weighted by atomic mass is 35.5. The number of nitrogens with zero attached hydrogens (tertiary/aromatic N) is 2. The van der Waals surface area contributed by atoms with E-state index in [4.69, 9.17) is 16.3 Å². The van der Waals surface area contributed by atoms with Gasteiger partial charge in [-0.2, -0.15) is 0 Å². The van der Waals surface area contributed by atoms with Crippen LogP contribution in [0.4, 0.5) is 0 Å².